The number of carbonyl (C=O) groups is 1. The molecule has 2 aromatic carbocycles. The van der Waals surface area contributed by atoms with Gasteiger partial charge < -0.3 is 11.1 Å². The van der Waals surface area contributed by atoms with E-state index in [1.807, 2.05) is 49.4 Å². The number of nitrogens with two attached hydrogens (primary N) is 1. The molecule has 0 bridgehead atoms. The summed E-state index contributed by atoms with van der Waals surface area (Å²) in [6, 6.07) is 16.7. The Morgan fingerprint density at radius 1 is 1.10 bits per heavy atom. The van der Waals surface area contributed by atoms with Gasteiger partial charge in [-0.25, -0.2) is 4.98 Å². The van der Waals surface area contributed by atoms with Gasteiger partial charge in [0.1, 0.15) is 5.69 Å². The van der Waals surface area contributed by atoms with E-state index >= 15 is 0 Å². The number of aromatic nitrogens is 1. The Balaban J connectivity index is 1.93. The van der Waals surface area contributed by atoms with Crippen molar-refractivity contribution in [1.29, 1.82) is 0 Å². The van der Waals surface area contributed by atoms with Crippen molar-refractivity contribution < 1.29 is 4.79 Å². The van der Waals surface area contributed by atoms with Crippen LogP contribution in [0, 0.1) is 6.92 Å². The molecule has 0 spiro atoms. The van der Waals surface area contributed by atoms with Crippen molar-refractivity contribution in [3.63, 3.8) is 0 Å². The first-order valence-electron chi connectivity index (χ1n) is 6.67. The number of nitrogens with one attached hydrogen (secondary N) is 1. The van der Waals surface area contributed by atoms with Crippen LogP contribution in [0.5, 0.6) is 0 Å². The van der Waals surface area contributed by atoms with Gasteiger partial charge in [0.05, 0.1) is 11.2 Å². The number of pyridine rings is 1. The van der Waals surface area contributed by atoms with Gasteiger partial charge in [0.25, 0.3) is 5.91 Å². The summed E-state index contributed by atoms with van der Waals surface area (Å²) in [5, 5.41) is 3.76. The van der Waals surface area contributed by atoms with E-state index in [0.717, 1.165) is 16.6 Å². The van der Waals surface area contributed by atoms with E-state index in [-0.39, 0.29) is 5.91 Å². The minimum absolute atomic E-state index is 0.245. The van der Waals surface area contributed by atoms with E-state index in [9.17, 15) is 4.79 Å². The molecule has 0 saturated carbocycles. The summed E-state index contributed by atoms with van der Waals surface area (Å²) in [4.78, 5) is 16.6. The molecule has 3 rings (SSSR count). The fourth-order valence-corrected chi connectivity index (χ4v) is 2.21. The van der Waals surface area contributed by atoms with E-state index in [2.05, 4.69) is 10.3 Å². The Kier molecular flexibility index (Phi) is 3.28. The van der Waals surface area contributed by atoms with Crippen LogP contribution in [-0.2, 0) is 0 Å². The Morgan fingerprint density at radius 2 is 1.90 bits per heavy atom. The molecule has 4 nitrogen and oxygen atoms in total. The van der Waals surface area contributed by atoms with Crippen LogP contribution in [0.3, 0.4) is 0 Å². The van der Waals surface area contributed by atoms with Gasteiger partial charge in [0.15, 0.2) is 0 Å². The number of nitrogen functional groups attached to an aromatic ring is 1. The first-order valence-corrected chi connectivity index (χ1v) is 6.67. The summed E-state index contributed by atoms with van der Waals surface area (Å²) in [5.41, 5.74) is 9.31. The van der Waals surface area contributed by atoms with Crippen LogP contribution in [0.1, 0.15) is 16.1 Å². The lowest BCUT2D eigenvalue weighted by atomic mass is 10.1. The van der Waals surface area contributed by atoms with Gasteiger partial charge in [0, 0.05) is 11.1 Å². The Bertz CT molecular complexity index is 827. The molecule has 0 saturated heterocycles. The summed E-state index contributed by atoms with van der Waals surface area (Å²) in [6.45, 7) is 1.98. The monoisotopic (exact) mass is 277 g/mol. The molecule has 3 N–H and O–H groups in total. The molecule has 1 aromatic heterocycles. The van der Waals surface area contributed by atoms with E-state index in [4.69, 9.17) is 5.73 Å². The highest BCUT2D eigenvalue weighted by Gasteiger charge is 2.09. The van der Waals surface area contributed by atoms with Crippen LogP contribution in [-0.4, -0.2) is 10.9 Å². The zero-order valence-electron chi connectivity index (χ0n) is 11.6. The largest absolute Gasteiger partial charge is 0.397 e. The molecule has 4 heteroatoms. The standard InChI is InChI=1S/C17H15N3O/c1-11-4-2-6-13(10-11)19-17(21)15-9-8-12-5-3-7-14(18)16(12)20-15/h2-10H,18H2,1H3,(H,19,21). The molecule has 3 aromatic rings. The fourth-order valence-electron chi connectivity index (χ4n) is 2.21. The maximum atomic E-state index is 12.3. The summed E-state index contributed by atoms with van der Waals surface area (Å²) in [7, 11) is 0. The SMILES string of the molecule is Cc1cccc(NC(=O)c2ccc3cccc(N)c3n2)c1. The molecular formula is C17H15N3O. The third-order valence-corrected chi connectivity index (χ3v) is 3.26. The van der Waals surface area contributed by atoms with Crippen LogP contribution in [0.25, 0.3) is 10.9 Å². The van der Waals surface area contributed by atoms with Crippen molar-refractivity contribution in [3.05, 3.63) is 65.9 Å². The van der Waals surface area contributed by atoms with Crippen LogP contribution in [0.15, 0.2) is 54.6 Å². The number of benzene rings is 2. The first kappa shape index (κ1) is 13.1. The van der Waals surface area contributed by atoms with Crippen LogP contribution in [0.4, 0.5) is 11.4 Å². The van der Waals surface area contributed by atoms with Gasteiger partial charge in [-0.3, -0.25) is 4.79 Å². The van der Waals surface area contributed by atoms with E-state index in [0.29, 0.717) is 16.9 Å². The summed E-state index contributed by atoms with van der Waals surface area (Å²) < 4.78 is 0. The maximum Gasteiger partial charge on any atom is 0.274 e. The second-order valence-corrected chi connectivity index (χ2v) is 4.94. The fraction of sp³-hybridized carbons (Fsp3) is 0.0588. The highest BCUT2D eigenvalue weighted by atomic mass is 16.1. The van der Waals surface area contributed by atoms with E-state index in [1.165, 1.54) is 0 Å². The smallest absolute Gasteiger partial charge is 0.274 e. The zero-order chi connectivity index (χ0) is 14.8. The first-order chi connectivity index (χ1) is 10.1. The number of aryl methyl sites for hydroxylation is 1. The van der Waals surface area contributed by atoms with E-state index in [1.54, 1.807) is 12.1 Å². The lowest BCUT2D eigenvalue weighted by Crippen LogP contribution is -2.13. The van der Waals surface area contributed by atoms with Crippen LogP contribution < -0.4 is 11.1 Å². The highest BCUT2D eigenvalue weighted by Crippen LogP contribution is 2.19. The molecule has 0 aliphatic carbocycles. The molecule has 0 aliphatic heterocycles. The van der Waals surface area contributed by atoms with Crippen LogP contribution in [0.2, 0.25) is 0 Å². The topological polar surface area (TPSA) is 68.0 Å². The van der Waals surface area contributed by atoms with Crippen molar-refractivity contribution in [2.75, 3.05) is 11.1 Å². The minimum atomic E-state index is -0.245. The van der Waals surface area contributed by atoms with Gasteiger partial charge in [-0.2, -0.15) is 0 Å². The second-order valence-electron chi connectivity index (χ2n) is 4.94. The number of hydrogen-bond acceptors (Lipinski definition) is 3. The summed E-state index contributed by atoms with van der Waals surface area (Å²) in [6.07, 6.45) is 0. The van der Waals surface area contributed by atoms with E-state index < -0.39 is 0 Å². The van der Waals surface area contributed by atoms with Crippen molar-refractivity contribution in [3.8, 4) is 0 Å². The third-order valence-electron chi connectivity index (χ3n) is 3.26. The molecule has 0 radical (unpaired) electrons. The lowest BCUT2D eigenvalue weighted by Gasteiger charge is -2.07. The average molecular weight is 277 g/mol. The second kappa shape index (κ2) is 5.25. The predicted octanol–water partition coefficient (Wildman–Crippen LogP) is 3.38. The van der Waals surface area contributed by atoms with Gasteiger partial charge in [-0.05, 0) is 36.8 Å². The number of amides is 1. The van der Waals surface area contributed by atoms with Gasteiger partial charge in [-0.1, -0.05) is 30.3 Å². The molecule has 104 valence electrons. The summed E-state index contributed by atoms with van der Waals surface area (Å²) >= 11 is 0. The molecule has 21 heavy (non-hydrogen) atoms. The number of nitrogens with zero attached hydrogens (tertiary/aromatic N) is 1. The normalized spacial score (nSPS) is 10.5. The summed E-state index contributed by atoms with van der Waals surface area (Å²) in [5.74, 6) is -0.245. The molecule has 0 aliphatic rings. The van der Waals surface area contributed by atoms with Gasteiger partial charge >= 0.3 is 0 Å². The number of carbonyl (C=O) groups excluding carboxylic acids is 1. The quantitative estimate of drug-likeness (QED) is 0.706. The minimum Gasteiger partial charge on any atom is -0.397 e. The molecular weight excluding hydrogens is 262 g/mol. The maximum absolute atomic E-state index is 12.3. The third kappa shape index (κ3) is 2.69. The predicted molar refractivity (Wildman–Crippen MR) is 85.3 cm³/mol. The number of fused-ring (bicyclic) bond motifs is 1. The van der Waals surface area contributed by atoms with Crippen molar-refractivity contribution in [2.24, 2.45) is 0 Å². The molecule has 1 heterocycles. The number of anilines is 2. The van der Waals surface area contributed by atoms with Crippen molar-refractivity contribution in [1.82, 2.24) is 4.98 Å². The Hall–Kier alpha value is -2.88. The zero-order valence-corrected chi connectivity index (χ0v) is 11.6. The lowest BCUT2D eigenvalue weighted by molar-refractivity contribution is 0.102. The van der Waals surface area contributed by atoms with Gasteiger partial charge in [-0.15, -0.1) is 0 Å². The van der Waals surface area contributed by atoms with Gasteiger partial charge in [0.2, 0.25) is 0 Å². The average Bonchev–Trinajstić information content (AvgIpc) is 2.47. The Morgan fingerprint density at radius 3 is 2.71 bits per heavy atom. The molecule has 0 unspecified atom stereocenters. The van der Waals surface area contributed by atoms with Crippen LogP contribution >= 0.6 is 0 Å². The number of rotatable bonds is 2. The molecule has 0 atom stereocenters. The number of hydrogen-bond donors (Lipinski definition) is 2. The number of para-hydroxylation sites is 1. The van der Waals surface area contributed by atoms with Crippen molar-refractivity contribution in [2.45, 2.75) is 6.92 Å². The Labute approximate surface area is 122 Å². The van der Waals surface area contributed by atoms with Crippen molar-refractivity contribution >= 4 is 28.2 Å². The molecule has 0 fully saturated rings. The molecule has 1 amide bonds. The highest BCUT2D eigenvalue weighted by molar-refractivity contribution is 6.04.